The van der Waals surface area contributed by atoms with E-state index in [2.05, 4.69) is 38.0 Å². The van der Waals surface area contributed by atoms with Gasteiger partial charge in [-0.05, 0) is 65.7 Å². The number of halogens is 1. The molecule has 3 aromatic carbocycles. The fraction of sp³-hybridized carbons (Fsp3) is 0. The molecule has 5 aromatic rings. The Labute approximate surface area is 196 Å². The zero-order chi connectivity index (χ0) is 22.2. The molecule has 0 bridgehead atoms. The first kappa shape index (κ1) is 21.5. The summed E-state index contributed by atoms with van der Waals surface area (Å²) in [5, 5.41) is 9.55. The lowest BCUT2D eigenvalue weighted by Gasteiger charge is -2.05. The summed E-state index contributed by atoms with van der Waals surface area (Å²) in [7, 11) is 0. The molecule has 2 aromatic heterocycles. The van der Waals surface area contributed by atoms with Gasteiger partial charge in [-0.3, -0.25) is 9.97 Å². The zero-order valence-electron chi connectivity index (χ0n) is 17.3. The van der Waals surface area contributed by atoms with E-state index < -0.39 is 0 Å². The first-order valence-electron chi connectivity index (χ1n) is 10.2. The SMILES string of the molecule is Brc1cccc(-c2ccccn2)c1.Oc1cccc(-c2cccc(-c3ccccn3)c2)c1. The smallest absolute Gasteiger partial charge is 0.116 e. The highest BCUT2D eigenvalue weighted by Gasteiger charge is 2.02. The van der Waals surface area contributed by atoms with E-state index in [9.17, 15) is 5.11 Å². The largest absolute Gasteiger partial charge is 0.508 e. The van der Waals surface area contributed by atoms with E-state index in [4.69, 9.17) is 0 Å². The van der Waals surface area contributed by atoms with Crippen molar-refractivity contribution in [1.29, 1.82) is 0 Å². The molecular weight excluding hydrogens is 460 g/mol. The Hall–Kier alpha value is -3.76. The van der Waals surface area contributed by atoms with Gasteiger partial charge in [-0.2, -0.15) is 0 Å². The minimum absolute atomic E-state index is 0.278. The van der Waals surface area contributed by atoms with Crippen LogP contribution in [0.4, 0.5) is 0 Å². The van der Waals surface area contributed by atoms with Gasteiger partial charge in [0, 0.05) is 28.0 Å². The number of aromatic hydroxyl groups is 1. The number of aromatic nitrogens is 2. The van der Waals surface area contributed by atoms with Gasteiger partial charge in [-0.25, -0.2) is 0 Å². The molecule has 1 N–H and O–H groups in total. The van der Waals surface area contributed by atoms with Crippen LogP contribution in [0.3, 0.4) is 0 Å². The Morgan fingerprint density at radius 3 is 1.59 bits per heavy atom. The predicted molar refractivity (Wildman–Crippen MR) is 134 cm³/mol. The van der Waals surface area contributed by atoms with Crippen molar-refractivity contribution >= 4 is 15.9 Å². The molecule has 0 atom stereocenters. The van der Waals surface area contributed by atoms with Gasteiger partial charge in [0.05, 0.1) is 11.4 Å². The average Bonchev–Trinajstić information content (AvgIpc) is 2.86. The van der Waals surface area contributed by atoms with Crippen LogP contribution in [0.2, 0.25) is 0 Å². The van der Waals surface area contributed by atoms with Crippen LogP contribution in [0.25, 0.3) is 33.6 Å². The summed E-state index contributed by atoms with van der Waals surface area (Å²) in [6, 6.07) is 35.3. The molecule has 0 saturated heterocycles. The van der Waals surface area contributed by atoms with Crippen molar-refractivity contribution in [2.24, 2.45) is 0 Å². The Morgan fingerprint density at radius 2 is 1.03 bits per heavy atom. The summed E-state index contributed by atoms with van der Waals surface area (Å²) in [6.45, 7) is 0. The highest BCUT2D eigenvalue weighted by molar-refractivity contribution is 9.10. The second-order valence-electron chi connectivity index (χ2n) is 7.07. The summed E-state index contributed by atoms with van der Waals surface area (Å²) in [6.07, 6.45) is 3.59. The van der Waals surface area contributed by atoms with Crippen molar-refractivity contribution in [1.82, 2.24) is 9.97 Å². The molecule has 4 heteroatoms. The Bertz CT molecular complexity index is 1290. The van der Waals surface area contributed by atoms with Crippen LogP contribution in [0.5, 0.6) is 5.75 Å². The number of benzene rings is 3. The van der Waals surface area contributed by atoms with Crippen LogP contribution < -0.4 is 0 Å². The molecule has 0 unspecified atom stereocenters. The normalized spacial score (nSPS) is 10.2. The van der Waals surface area contributed by atoms with Crippen molar-refractivity contribution in [3.05, 3.63) is 126 Å². The molecule has 0 saturated carbocycles. The second kappa shape index (κ2) is 10.5. The average molecular weight is 481 g/mol. The maximum Gasteiger partial charge on any atom is 0.116 e. The van der Waals surface area contributed by atoms with Gasteiger partial charge in [0.2, 0.25) is 0 Å². The Kier molecular flexibility index (Phi) is 7.05. The number of pyridine rings is 2. The summed E-state index contributed by atoms with van der Waals surface area (Å²) in [5.74, 6) is 0.278. The van der Waals surface area contributed by atoms with E-state index >= 15 is 0 Å². The summed E-state index contributed by atoms with van der Waals surface area (Å²) in [4.78, 5) is 8.62. The summed E-state index contributed by atoms with van der Waals surface area (Å²) >= 11 is 3.43. The molecule has 5 rings (SSSR count). The molecule has 2 heterocycles. The van der Waals surface area contributed by atoms with E-state index in [1.54, 1.807) is 24.5 Å². The molecule has 0 radical (unpaired) electrons. The topological polar surface area (TPSA) is 46.0 Å². The monoisotopic (exact) mass is 480 g/mol. The lowest BCUT2D eigenvalue weighted by atomic mass is 10.0. The van der Waals surface area contributed by atoms with E-state index in [1.807, 2.05) is 84.9 Å². The maximum absolute atomic E-state index is 9.55. The van der Waals surface area contributed by atoms with Crippen LogP contribution in [0.1, 0.15) is 0 Å². The highest BCUT2D eigenvalue weighted by Crippen LogP contribution is 2.27. The van der Waals surface area contributed by atoms with Crippen LogP contribution in [-0.2, 0) is 0 Å². The zero-order valence-corrected chi connectivity index (χ0v) is 18.9. The number of phenolic OH excluding ortho intramolecular Hbond substituents is 1. The predicted octanol–water partition coefficient (Wildman–Crippen LogP) is 7.63. The van der Waals surface area contributed by atoms with Crippen molar-refractivity contribution in [2.45, 2.75) is 0 Å². The molecule has 0 spiro atoms. The third-order valence-electron chi connectivity index (χ3n) is 4.79. The third-order valence-corrected chi connectivity index (χ3v) is 5.28. The number of phenols is 1. The van der Waals surface area contributed by atoms with Crippen LogP contribution >= 0.6 is 15.9 Å². The molecule has 3 nitrogen and oxygen atoms in total. The minimum atomic E-state index is 0.278. The second-order valence-corrected chi connectivity index (χ2v) is 7.99. The first-order valence-corrected chi connectivity index (χ1v) is 11.0. The quantitative estimate of drug-likeness (QED) is 0.288. The molecular formula is C28H21BrN2O. The Balaban J connectivity index is 0.000000165. The number of hydrogen-bond donors (Lipinski definition) is 1. The van der Waals surface area contributed by atoms with Gasteiger partial charge in [-0.15, -0.1) is 0 Å². The van der Waals surface area contributed by atoms with E-state index in [0.29, 0.717) is 0 Å². The van der Waals surface area contributed by atoms with Crippen LogP contribution in [0, 0.1) is 0 Å². The van der Waals surface area contributed by atoms with E-state index in [0.717, 1.165) is 38.1 Å². The van der Waals surface area contributed by atoms with E-state index in [1.165, 1.54) is 0 Å². The number of hydrogen-bond acceptors (Lipinski definition) is 3. The lowest BCUT2D eigenvalue weighted by Crippen LogP contribution is -1.83. The third kappa shape index (κ3) is 5.68. The van der Waals surface area contributed by atoms with E-state index in [-0.39, 0.29) is 5.75 Å². The molecule has 0 aliphatic carbocycles. The number of nitrogens with zero attached hydrogens (tertiary/aromatic N) is 2. The van der Waals surface area contributed by atoms with Crippen molar-refractivity contribution in [2.75, 3.05) is 0 Å². The first-order chi connectivity index (χ1) is 15.7. The van der Waals surface area contributed by atoms with Gasteiger partial charge in [-0.1, -0.05) is 70.5 Å². The minimum Gasteiger partial charge on any atom is -0.508 e. The Morgan fingerprint density at radius 1 is 0.500 bits per heavy atom. The van der Waals surface area contributed by atoms with Gasteiger partial charge >= 0.3 is 0 Å². The fourth-order valence-corrected chi connectivity index (χ4v) is 3.66. The van der Waals surface area contributed by atoms with Crippen molar-refractivity contribution in [3.63, 3.8) is 0 Å². The van der Waals surface area contributed by atoms with Crippen molar-refractivity contribution in [3.8, 4) is 39.4 Å². The van der Waals surface area contributed by atoms with Gasteiger partial charge < -0.3 is 5.11 Å². The van der Waals surface area contributed by atoms with Gasteiger partial charge in [0.1, 0.15) is 5.75 Å². The summed E-state index contributed by atoms with van der Waals surface area (Å²) < 4.78 is 1.08. The molecule has 156 valence electrons. The summed E-state index contributed by atoms with van der Waals surface area (Å²) in [5.41, 5.74) is 6.22. The standard InChI is InChI=1S/C17H13NO.C11H8BrN/c19-16-8-4-6-14(12-16)13-5-3-7-15(11-13)17-9-1-2-10-18-17;12-10-5-3-4-9(8-10)11-6-1-2-7-13-11/h1-12,19H;1-8H. The molecule has 32 heavy (non-hydrogen) atoms. The van der Waals surface area contributed by atoms with Crippen LogP contribution in [-0.4, -0.2) is 15.1 Å². The maximum atomic E-state index is 9.55. The molecule has 0 amide bonds. The molecule has 0 fully saturated rings. The lowest BCUT2D eigenvalue weighted by molar-refractivity contribution is 0.475. The fourth-order valence-electron chi connectivity index (χ4n) is 3.26. The number of rotatable bonds is 3. The van der Waals surface area contributed by atoms with Crippen LogP contribution in [0.15, 0.2) is 126 Å². The van der Waals surface area contributed by atoms with Gasteiger partial charge in [0.15, 0.2) is 0 Å². The van der Waals surface area contributed by atoms with Crippen molar-refractivity contribution < 1.29 is 5.11 Å². The molecule has 0 aliphatic rings. The van der Waals surface area contributed by atoms with Gasteiger partial charge in [0.25, 0.3) is 0 Å². The highest BCUT2D eigenvalue weighted by atomic mass is 79.9. The molecule has 0 aliphatic heterocycles.